The van der Waals surface area contributed by atoms with Crippen LogP contribution in [0.5, 0.6) is 5.75 Å². The van der Waals surface area contributed by atoms with Gasteiger partial charge in [-0.3, -0.25) is 10.1 Å². The number of hydrogen-bond acceptors (Lipinski definition) is 4. The van der Waals surface area contributed by atoms with Gasteiger partial charge in [0.15, 0.2) is 0 Å². The number of nitrogens with zero attached hydrogens (tertiary/aromatic N) is 1. The van der Waals surface area contributed by atoms with E-state index in [1.165, 1.54) is 18.9 Å². The largest absolute Gasteiger partial charge is 0.493 e. The van der Waals surface area contributed by atoms with Crippen molar-refractivity contribution in [1.29, 1.82) is 0 Å². The lowest BCUT2D eigenvalue weighted by atomic mass is 9.97. The number of hydrogen-bond donors (Lipinski definition) is 1. The molecule has 1 unspecified atom stereocenters. The van der Waals surface area contributed by atoms with Crippen LogP contribution in [0.4, 0.5) is 5.69 Å². The normalized spacial score (nSPS) is 19.1. The van der Waals surface area contributed by atoms with Crippen LogP contribution in [0.25, 0.3) is 0 Å². The van der Waals surface area contributed by atoms with Crippen molar-refractivity contribution in [3.8, 4) is 5.75 Å². The summed E-state index contributed by atoms with van der Waals surface area (Å²) in [5.74, 6) is 1.43. The van der Waals surface area contributed by atoms with E-state index in [0.717, 1.165) is 30.8 Å². The number of benzene rings is 1. The molecule has 19 heavy (non-hydrogen) atoms. The van der Waals surface area contributed by atoms with Gasteiger partial charge in [0, 0.05) is 12.1 Å². The first-order valence-electron chi connectivity index (χ1n) is 6.75. The quantitative estimate of drug-likeness (QED) is 0.656. The molecule has 0 spiro atoms. The van der Waals surface area contributed by atoms with Gasteiger partial charge in [0.2, 0.25) is 0 Å². The Kier molecular flexibility index (Phi) is 4.74. The van der Waals surface area contributed by atoms with E-state index < -0.39 is 0 Å². The number of rotatable bonds is 5. The maximum atomic E-state index is 10.6. The molecule has 104 valence electrons. The highest BCUT2D eigenvalue weighted by Crippen LogP contribution is 2.24. The molecule has 0 amide bonds. The fourth-order valence-corrected chi connectivity index (χ4v) is 2.42. The molecular formula is C14H20N2O3. The third kappa shape index (κ3) is 3.92. The van der Waals surface area contributed by atoms with E-state index in [2.05, 4.69) is 5.32 Å². The van der Waals surface area contributed by atoms with E-state index in [-0.39, 0.29) is 10.6 Å². The smallest absolute Gasteiger partial charge is 0.269 e. The lowest BCUT2D eigenvalue weighted by Gasteiger charge is -2.22. The molecule has 1 aromatic carbocycles. The Morgan fingerprint density at radius 1 is 1.53 bits per heavy atom. The molecule has 2 rings (SSSR count). The summed E-state index contributed by atoms with van der Waals surface area (Å²) in [5.41, 5.74) is 0.928. The van der Waals surface area contributed by atoms with E-state index in [1.807, 2.05) is 6.92 Å². The maximum absolute atomic E-state index is 10.6. The highest BCUT2D eigenvalue weighted by molar-refractivity contribution is 5.42. The van der Waals surface area contributed by atoms with Crippen molar-refractivity contribution >= 4 is 5.69 Å². The van der Waals surface area contributed by atoms with Crippen LogP contribution in [-0.4, -0.2) is 24.6 Å². The zero-order valence-electron chi connectivity index (χ0n) is 11.2. The molecule has 1 aliphatic rings. The van der Waals surface area contributed by atoms with Crippen molar-refractivity contribution in [3.05, 3.63) is 33.9 Å². The molecule has 0 bridgehead atoms. The van der Waals surface area contributed by atoms with E-state index in [9.17, 15) is 10.1 Å². The molecule has 0 aromatic heterocycles. The number of non-ortho nitro benzene ring substituents is 1. The lowest BCUT2D eigenvalue weighted by Crippen LogP contribution is -2.30. The predicted molar refractivity (Wildman–Crippen MR) is 73.5 cm³/mol. The Morgan fingerprint density at radius 3 is 3.00 bits per heavy atom. The van der Waals surface area contributed by atoms with Gasteiger partial charge in [0.1, 0.15) is 5.75 Å². The molecule has 1 aromatic rings. The third-order valence-electron chi connectivity index (χ3n) is 3.55. The molecule has 1 saturated heterocycles. The minimum Gasteiger partial charge on any atom is -0.493 e. The van der Waals surface area contributed by atoms with E-state index in [4.69, 9.17) is 4.74 Å². The van der Waals surface area contributed by atoms with Gasteiger partial charge < -0.3 is 10.1 Å². The number of aryl methyl sites for hydroxylation is 1. The van der Waals surface area contributed by atoms with Gasteiger partial charge >= 0.3 is 0 Å². The summed E-state index contributed by atoms with van der Waals surface area (Å²) >= 11 is 0. The summed E-state index contributed by atoms with van der Waals surface area (Å²) in [7, 11) is 0. The van der Waals surface area contributed by atoms with Gasteiger partial charge in [-0.2, -0.15) is 0 Å². The van der Waals surface area contributed by atoms with Crippen LogP contribution in [0.1, 0.15) is 24.8 Å². The Morgan fingerprint density at radius 2 is 2.37 bits per heavy atom. The van der Waals surface area contributed by atoms with Crippen LogP contribution in [0.15, 0.2) is 18.2 Å². The fourth-order valence-electron chi connectivity index (χ4n) is 2.42. The van der Waals surface area contributed by atoms with Crippen molar-refractivity contribution in [2.75, 3.05) is 19.7 Å². The van der Waals surface area contributed by atoms with Gasteiger partial charge in [0.25, 0.3) is 5.69 Å². The summed E-state index contributed by atoms with van der Waals surface area (Å²) in [6, 6.07) is 4.73. The van der Waals surface area contributed by atoms with Gasteiger partial charge in [-0.25, -0.2) is 0 Å². The minimum absolute atomic E-state index is 0.112. The van der Waals surface area contributed by atoms with E-state index in [1.54, 1.807) is 12.1 Å². The average molecular weight is 264 g/mol. The number of nitro groups is 1. The topological polar surface area (TPSA) is 64.4 Å². The van der Waals surface area contributed by atoms with Gasteiger partial charge in [-0.1, -0.05) is 0 Å². The molecule has 1 atom stereocenters. The summed E-state index contributed by atoms with van der Waals surface area (Å²) < 4.78 is 5.72. The first kappa shape index (κ1) is 13.8. The molecule has 5 heteroatoms. The van der Waals surface area contributed by atoms with Gasteiger partial charge in [0.05, 0.1) is 11.5 Å². The second-order valence-electron chi connectivity index (χ2n) is 5.06. The Balaban J connectivity index is 1.83. The van der Waals surface area contributed by atoms with Gasteiger partial charge in [-0.05, 0) is 56.8 Å². The highest BCUT2D eigenvalue weighted by Gasteiger charge is 2.13. The van der Waals surface area contributed by atoms with Crippen LogP contribution < -0.4 is 10.1 Å². The first-order chi connectivity index (χ1) is 9.16. The van der Waals surface area contributed by atoms with Crippen molar-refractivity contribution in [2.24, 2.45) is 5.92 Å². The summed E-state index contributed by atoms with van der Waals surface area (Å²) in [5, 5.41) is 14.0. The number of ether oxygens (including phenoxy) is 1. The monoisotopic (exact) mass is 264 g/mol. The number of piperidine rings is 1. The molecule has 0 radical (unpaired) electrons. The fraction of sp³-hybridized carbons (Fsp3) is 0.571. The van der Waals surface area contributed by atoms with Crippen molar-refractivity contribution < 1.29 is 9.66 Å². The Labute approximate surface area is 113 Å². The third-order valence-corrected chi connectivity index (χ3v) is 3.55. The van der Waals surface area contributed by atoms with Crippen LogP contribution in [0.3, 0.4) is 0 Å². The maximum Gasteiger partial charge on any atom is 0.269 e. The molecule has 0 saturated carbocycles. The van der Waals surface area contributed by atoms with Crippen LogP contribution in [0, 0.1) is 23.0 Å². The molecule has 1 heterocycles. The number of nitro benzene ring substituents is 1. The Hall–Kier alpha value is -1.62. The van der Waals surface area contributed by atoms with E-state index in [0.29, 0.717) is 12.5 Å². The Bertz CT molecular complexity index is 442. The summed E-state index contributed by atoms with van der Waals surface area (Å²) in [4.78, 5) is 10.3. The molecule has 5 nitrogen and oxygen atoms in total. The molecule has 0 aliphatic carbocycles. The van der Waals surface area contributed by atoms with Crippen molar-refractivity contribution in [3.63, 3.8) is 0 Å². The van der Waals surface area contributed by atoms with Crippen LogP contribution in [-0.2, 0) is 0 Å². The average Bonchev–Trinajstić information content (AvgIpc) is 2.41. The van der Waals surface area contributed by atoms with Crippen molar-refractivity contribution in [2.45, 2.75) is 26.2 Å². The molecular weight excluding hydrogens is 244 g/mol. The van der Waals surface area contributed by atoms with Crippen LogP contribution >= 0.6 is 0 Å². The molecule has 1 aliphatic heterocycles. The first-order valence-corrected chi connectivity index (χ1v) is 6.75. The minimum atomic E-state index is -0.384. The van der Waals surface area contributed by atoms with E-state index >= 15 is 0 Å². The van der Waals surface area contributed by atoms with Crippen molar-refractivity contribution in [1.82, 2.24) is 5.32 Å². The zero-order valence-corrected chi connectivity index (χ0v) is 11.2. The standard InChI is InChI=1S/C14H20N2O3/c1-11-9-13(16(17)18)4-5-14(11)19-8-6-12-3-2-7-15-10-12/h4-5,9,12,15H,2-3,6-8,10H2,1H3. The van der Waals surface area contributed by atoms with Gasteiger partial charge in [-0.15, -0.1) is 0 Å². The second kappa shape index (κ2) is 6.52. The number of nitrogens with one attached hydrogen (secondary N) is 1. The summed E-state index contributed by atoms with van der Waals surface area (Å²) in [6.07, 6.45) is 3.53. The summed E-state index contributed by atoms with van der Waals surface area (Å²) in [6.45, 7) is 4.71. The highest BCUT2D eigenvalue weighted by atomic mass is 16.6. The second-order valence-corrected chi connectivity index (χ2v) is 5.06. The lowest BCUT2D eigenvalue weighted by molar-refractivity contribution is -0.384. The zero-order chi connectivity index (χ0) is 13.7. The molecule has 1 N–H and O–H groups in total. The predicted octanol–water partition coefficient (Wildman–Crippen LogP) is 2.67. The molecule has 1 fully saturated rings. The van der Waals surface area contributed by atoms with Crippen LogP contribution in [0.2, 0.25) is 0 Å². The SMILES string of the molecule is Cc1cc([N+](=O)[O-])ccc1OCCC1CCCNC1.